The van der Waals surface area contributed by atoms with E-state index in [1.807, 2.05) is 6.92 Å². The molecule has 0 radical (unpaired) electrons. The van der Waals surface area contributed by atoms with Gasteiger partial charge in [0.1, 0.15) is 12.4 Å². The van der Waals surface area contributed by atoms with E-state index < -0.39 is 0 Å². The number of rotatable bonds is 0. The van der Waals surface area contributed by atoms with E-state index in [1.54, 1.807) is 18.2 Å². The maximum atomic E-state index is 11.6. The minimum atomic E-state index is -0.106. The number of benzene rings is 1. The molecule has 4 nitrogen and oxygen atoms in total. The number of amides is 1. The Kier molecular flexibility index (Phi) is 2.04. The summed E-state index contributed by atoms with van der Waals surface area (Å²) in [4.78, 5) is 11.6. The predicted molar refractivity (Wildman–Crippen MR) is 53.3 cm³/mol. The lowest BCUT2D eigenvalue weighted by atomic mass is 10.1. The van der Waals surface area contributed by atoms with Crippen molar-refractivity contribution in [3.8, 4) is 5.75 Å². The highest BCUT2D eigenvalue weighted by atomic mass is 16.5. The van der Waals surface area contributed by atoms with Gasteiger partial charge >= 0.3 is 0 Å². The smallest absolute Gasteiger partial charge is 0.255 e. The van der Waals surface area contributed by atoms with Gasteiger partial charge in [-0.05, 0) is 19.1 Å². The zero-order valence-corrected chi connectivity index (χ0v) is 7.91. The van der Waals surface area contributed by atoms with Gasteiger partial charge in [-0.2, -0.15) is 0 Å². The molecule has 0 saturated carbocycles. The van der Waals surface area contributed by atoms with Crippen LogP contribution in [0.1, 0.15) is 17.3 Å². The SMILES string of the molecule is CC1COc2cc(N)ccc2C(=O)N1. The van der Waals surface area contributed by atoms with Crippen LogP contribution in [0.2, 0.25) is 0 Å². The average molecular weight is 192 g/mol. The molecule has 1 aliphatic rings. The molecule has 1 amide bonds. The number of anilines is 1. The number of nitrogens with two attached hydrogens (primary N) is 1. The molecule has 1 aromatic rings. The third-order valence-electron chi connectivity index (χ3n) is 2.12. The molecule has 0 fully saturated rings. The highest BCUT2D eigenvalue weighted by Crippen LogP contribution is 2.23. The molecule has 4 heteroatoms. The molecule has 1 unspecified atom stereocenters. The fourth-order valence-electron chi connectivity index (χ4n) is 1.40. The number of hydrogen-bond acceptors (Lipinski definition) is 3. The lowest BCUT2D eigenvalue weighted by Crippen LogP contribution is -2.33. The van der Waals surface area contributed by atoms with Crippen LogP contribution in [-0.2, 0) is 0 Å². The van der Waals surface area contributed by atoms with Crippen LogP contribution < -0.4 is 15.8 Å². The fourth-order valence-corrected chi connectivity index (χ4v) is 1.40. The van der Waals surface area contributed by atoms with Gasteiger partial charge in [0.15, 0.2) is 0 Å². The highest BCUT2D eigenvalue weighted by Gasteiger charge is 2.19. The summed E-state index contributed by atoms with van der Waals surface area (Å²) in [5.74, 6) is 0.455. The van der Waals surface area contributed by atoms with Crippen molar-refractivity contribution >= 4 is 11.6 Å². The molecule has 1 atom stereocenters. The number of nitrogens with one attached hydrogen (secondary N) is 1. The standard InChI is InChI=1S/C10H12N2O2/c1-6-5-14-9-4-7(11)2-3-8(9)10(13)12-6/h2-4,6H,5,11H2,1H3,(H,12,13). The summed E-state index contributed by atoms with van der Waals surface area (Å²) in [7, 11) is 0. The van der Waals surface area contributed by atoms with Gasteiger partial charge in [-0.1, -0.05) is 0 Å². The molecule has 14 heavy (non-hydrogen) atoms. The normalized spacial score (nSPS) is 20.4. The molecule has 1 aromatic carbocycles. The van der Waals surface area contributed by atoms with E-state index in [-0.39, 0.29) is 11.9 Å². The Labute approximate surface area is 82.1 Å². The van der Waals surface area contributed by atoms with Crippen LogP contribution in [-0.4, -0.2) is 18.6 Å². The maximum Gasteiger partial charge on any atom is 0.255 e. The Morgan fingerprint density at radius 3 is 3.14 bits per heavy atom. The average Bonchev–Trinajstić information content (AvgIpc) is 2.26. The van der Waals surface area contributed by atoms with Crippen LogP contribution in [0.5, 0.6) is 5.75 Å². The molecule has 3 N–H and O–H groups in total. The first-order chi connectivity index (χ1) is 6.66. The van der Waals surface area contributed by atoms with E-state index in [9.17, 15) is 4.79 Å². The molecular weight excluding hydrogens is 180 g/mol. The zero-order valence-electron chi connectivity index (χ0n) is 7.91. The highest BCUT2D eigenvalue weighted by molar-refractivity contribution is 5.97. The monoisotopic (exact) mass is 192 g/mol. The van der Waals surface area contributed by atoms with Crippen molar-refractivity contribution in [1.29, 1.82) is 0 Å². The number of ether oxygens (including phenoxy) is 1. The summed E-state index contributed by atoms with van der Waals surface area (Å²) in [6.07, 6.45) is 0. The lowest BCUT2D eigenvalue weighted by molar-refractivity contribution is 0.0942. The van der Waals surface area contributed by atoms with Crippen molar-refractivity contribution in [1.82, 2.24) is 5.32 Å². The Balaban J connectivity index is 2.43. The predicted octanol–water partition coefficient (Wildman–Crippen LogP) is 0.780. The number of fused-ring (bicyclic) bond motifs is 1. The fraction of sp³-hybridized carbons (Fsp3) is 0.300. The van der Waals surface area contributed by atoms with Gasteiger partial charge in [-0.25, -0.2) is 0 Å². The van der Waals surface area contributed by atoms with Crippen molar-refractivity contribution in [3.63, 3.8) is 0 Å². The van der Waals surface area contributed by atoms with Gasteiger partial charge in [0.05, 0.1) is 11.6 Å². The summed E-state index contributed by atoms with van der Waals surface area (Å²) in [6, 6.07) is 5.07. The van der Waals surface area contributed by atoms with E-state index in [0.717, 1.165) is 0 Å². The second-order valence-electron chi connectivity index (χ2n) is 3.44. The largest absolute Gasteiger partial charge is 0.491 e. The number of carbonyl (C=O) groups is 1. The second-order valence-corrected chi connectivity index (χ2v) is 3.44. The molecule has 0 aliphatic carbocycles. The van der Waals surface area contributed by atoms with E-state index in [2.05, 4.69) is 5.32 Å². The van der Waals surface area contributed by atoms with Crippen LogP contribution >= 0.6 is 0 Å². The maximum absolute atomic E-state index is 11.6. The Bertz CT molecular complexity index is 376. The number of nitrogen functional groups attached to an aromatic ring is 1. The van der Waals surface area contributed by atoms with E-state index >= 15 is 0 Å². The van der Waals surface area contributed by atoms with Crippen LogP contribution in [0, 0.1) is 0 Å². The van der Waals surface area contributed by atoms with Crippen molar-refractivity contribution in [3.05, 3.63) is 23.8 Å². The van der Waals surface area contributed by atoms with Gasteiger partial charge in [-0.15, -0.1) is 0 Å². The second kappa shape index (κ2) is 3.21. The first-order valence-electron chi connectivity index (χ1n) is 4.50. The Morgan fingerprint density at radius 1 is 1.57 bits per heavy atom. The molecule has 0 saturated heterocycles. The summed E-state index contributed by atoms with van der Waals surface area (Å²) in [6.45, 7) is 2.37. The first-order valence-corrected chi connectivity index (χ1v) is 4.50. The quantitative estimate of drug-likeness (QED) is 0.597. The van der Waals surface area contributed by atoms with Gasteiger partial charge in [0.25, 0.3) is 5.91 Å². The summed E-state index contributed by atoms with van der Waals surface area (Å²) in [5.41, 5.74) is 6.75. The van der Waals surface area contributed by atoms with Crippen molar-refractivity contribution in [2.45, 2.75) is 13.0 Å². The third kappa shape index (κ3) is 1.51. The summed E-state index contributed by atoms with van der Waals surface area (Å²) in [5, 5.41) is 2.81. The van der Waals surface area contributed by atoms with E-state index in [1.165, 1.54) is 0 Å². The minimum absolute atomic E-state index is 0.0242. The van der Waals surface area contributed by atoms with Gasteiger partial charge in [0.2, 0.25) is 0 Å². The molecule has 74 valence electrons. The van der Waals surface area contributed by atoms with Gasteiger partial charge < -0.3 is 15.8 Å². The van der Waals surface area contributed by atoms with Crippen molar-refractivity contribution in [2.75, 3.05) is 12.3 Å². The summed E-state index contributed by atoms with van der Waals surface area (Å²) < 4.78 is 5.45. The lowest BCUT2D eigenvalue weighted by Gasteiger charge is -2.07. The Morgan fingerprint density at radius 2 is 2.36 bits per heavy atom. The molecule has 2 rings (SSSR count). The number of hydrogen-bond donors (Lipinski definition) is 2. The number of carbonyl (C=O) groups excluding carboxylic acids is 1. The molecule has 0 bridgehead atoms. The Hall–Kier alpha value is -1.71. The van der Waals surface area contributed by atoms with Gasteiger partial charge in [-0.3, -0.25) is 4.79 Å². The van der Waals surface area contributed by atoms with Crippen LogP contribution in [0.25, 0.3) is 0 Å². The topological polar surface area (TPSA) is 64.3 Å². The molecule has 0 spiro atoms. The first kappa shape index (κ1) is 8.87. The zero-order chi connectivity index (χ0) is 10.1. The molecule has 1 heterocycles. The van der Waals surface area contributed by atoms with Crippen molar-refractivity contribution in [2.24, 2.45) is 0 Å². The summed E-state index contributed by atoms with van der Waals surface area (Å²) >= 11 is 0. The van der Waals surface area contributed by atoms with E-state index in [4.69, 9.17) is 10.5 Å². The van der Waals surface area contributed by atoms with Crippen LogP contribution in [0.4, 0.5) is 5.69 Å². The molecule has 0 aromatic heterocycles. The molecule has 1 aliphatic heterocycles. The van der Waals surface area contributed by atoms with Crippen LogP contribution in [0.15, 0.2) is 18.2 Å². The van der Waals surface area contributed by atoms with Crippen LogP contribution in [0.3, 0.4) is 0 Å². The van der Waals surface area contributed by atoms with E-state index in [0.29, 0.717) is 23.6 Å². The van der Waals surface area contributed by atoms with Crippen molar-refractivity contribution < 1.29 is 9.53 Å². The van der Waals surface area contributed by atoms with Gasteiger partial charge in [0, 0.05) is 11.8 Å². The third-order valence-corrected chi connectivity index (χ3v) is 2.12. The minimum Gasteiger partial charge on any atom is -0.491 e. The molecular formula is C10H12N2O2.